The molecule has 0 bridgehead atoms. The Morgan fingerprint density at radius 1 is 1.33 bits per heavy atom. The first kappa shape index (κ1) is 17.4. The summed E-state index contributed by atoms with van der Waals surface area (Å²) >= 11 is 0. The average molecular weight is 293 g/mol. The van der Waals surface area contributed by atoms with Gasteiger partial charge in [-0.2, -0.15) is 8.78 Å². The van der Waals surface area contributed by atoms with Crippen molar-refractivity contribution in [2.45, 2.75) is 37.7 Å². The first-order valence-corrected chi connectivity index (χ1v) is 5.51. The summed E-state index contributed by atoms with van der Waals surface area (Å²) in [5.41, 5.74) is 0. The number of alkyl halides is 4. The third kappa shape index (κ3) is 3.98. The van der Waals surface area contributed by atoms with Crippen LogP contribution in [0.2, 0.25) is 0 Å². The molecule has 1 aliphatic heterocycles. The molecule has 1 N–H and O–H groups in total. The van der Waals surface area contributed by atoms with Crippen LogP contribution in [0.15, 0.2) is 0 Å². The number of nitrogens with one attached hydrogen (secondary N) is 1. The summed E-state index contributed by atoms with van der Waals surface area (Å²) in [5.74, 6) is -6.38. The highest BCUT2D eigenvalue weighted by Gasteiger charge is 2.51. The van der Waals surface area contributed by atoms with Crippen molar-refractivity contribution in [1.29, 1.82) is 0 Å². The largest absolute Gasteiger partial charge is 0.383 e. The van der Waals surface area contributed by atoms with Crippen LogP contribution in [0.5, 0.6) is 0 Å². The highest BCUT2D eigenvalue weighted by atomic mass is 35.5. The molecule has 1 rings (SSSR count). The molecule has 0 aromatic carbocycles. The summed E-state index contributed by atoms with van der Waals surface area (Å²) in [4.78, 5) is 12.1. The second kappa shape index (κ2) is 7.13. The molecule has 3 nitrogen and oxygen atoms in total. The second-order valence-corrected chi connectivity index (χ2v) is 4.17. The van der Waals surface area contributed by atoms with Gasteiger partial charge in [0.25, 0.3) is 5.91 Å². The van der Waals surface area contributed by atoms with Gasteiger partial charge in [-0.25, -0.2) is 8.78 Å². The molecule has 1 saturated heterocycles. The molecule has 18 heavy (non-hydrogen) atoms. The maximum Gasteiger partial charge on any atom is 0.383 e. The van der Waals surface area contributed by atoms with Gasteiger partial charge in [0.1, 0.15) is 0 Å². The average Bonchev–Trinajstić information content (AvgIpc) is 2.55. The molecule has 1 heterocycles. The predicted molar refractivity (Wildman–Crippen MR) is 61.5 cm³/mol. The fraction of sp³-hybridized carbons (Fsp3) is 0.900. The number of carbonyl (C=O) groups is 1. The number of hydrogen-bond donors (Lipinski definition) is 1. The monoisotopic (exact) mass is 292 g/mol. The van der Waals surface area contributed by atoms with E-state index in [9.17, 15) is 22.4 Å². The Labute approximate surface area is 109 Å². The fourth-order valence-corrected chi connectivity index (χ4v) is 1.88. The van der Waals surface area contributed by atoms with Crippen LogP contribution in [0.25, 0.3) is 0 Å². The zero-order valence-electron chi connectivity index (χ0n) is 9.97. The lowest BCUT2D eigenvalue weighted by atomic mass is 10.1. The van der Waals surface area contributed by atoms with E-state index in [4.69, 9.17) is 0 Å². The van der Waals surface area contributed by atoms with E-state index in [0.29, 0.717) is 19.4 Å². The number of amides is 1. The van der Waals surface area contributed by atoms with Gasteiger partial charge >= 0.3 is 12.3 Å². The Bertz CT molecular complexity index is 271. The van der Waals surface area contributed by atoms with Crippen LogP contribution in [0.3, 0.4) is 0 Å². The van der Waals surface area contributed by atoms with Crippen molar-refractivity contribution in [2.75, 3.05) is 20.1 Å². The topological polar surface area (TPSA) is 32.3 Å². The minimum absolute atomic E-state index is 0. The molecule has 0 saturated carbocycles. The lowest BCUT2D eigenvalue weighted by Crippen LogP contribution is -2.50. The van der Waals surface area contributed by atoms with Crippen molar-refractivity contribution in [3.05, 3.63) is 0 Å². The summed E-state index contributed by atoms with van der Waals surface area (Å²) in [6.45, 7) is 1.35. The van der Waals surface area contributed by atoms with Crippen molar-refractivity contribution in [2.24, 2.45) is 0 Å². The molecule has 0 aromatic rings. The van der Waals surface area contributed by atoms with Crippen LogP contribution < -0.4 is 5.32 Å². The Hall–Kier alpha value is -0.560. The number of carbonyl (C=O) groups excluding carboxylic acids is 1. The van der Waals surface area contributed by atoms with Gasteiger partial charge < -0.3 is 10.2 Å². The lowest BCUT2D eigenvalue weighted by Gasteiger charge is -2.29. The third-order valence-electron chi connectivity index (χ3n) is 2.97. The summed E-state index contributed by atoms with van der Waals surface area (Å²) in [6.07, 6.45) is -2.17. The molecule has 8 heteroatoms. The van der Waals surface area contributed by atoms with Crippen LogP contribution >= 0.6 is 12.4 Å². The van der Waals surface area contributed by atoms with Crippen LogP contribution in [-0.4, -0.2) is 49.3 Å². The quantitative estimate of drug-likeness (QED) is 0.806. The molecule has 0 spiro atoms. The van der Waals surface area contributed by atoms with E-state index in [-0.39, 0.29) is 12.4 Å². The minimum atomic E-state index is -4.59. The maximum absolute atomic E-state index is 12.9. The molecule has 0 aromatic heterocycles. The molecular weight excluding hydrogens is 276 g/mol. The summed E-state index contributed by atoms with van der Waals surface area (Å²) in [7, 11) is 1.16. The molecule has 1 fully saturated rings. The van der Waals surface area contributed by atoms with E-state index in [1.165, 1.54) is 0 Å². The molecule has 1 aliphatic rings. The first-order chi connectivity index (χ1) is 7.87. The normalized spacial score (nSPS) is 21.1. The van der Waals surface area contributed by atoms with Crippen molar-refractivity contribution >= 4 is 18.3 Å². The Morgan fingerprint density at radius 3 is 2.50 bits per heavy atom. The van der Waals surface area contributed by atoms with Gasteiger partial charge in [0.15, 0.2) is 0 Å². The highest BCUT2D eigenvalue weighted by molar-refractivity contribution is 5.85. The van der Waals surface area contributed by atoms with Gasteiger partial charge in [0, 0.05) is 13.1 Å². The Kier molecular flexibility index (Phi) is 6.91. The number of halogens is 5. The Morgan fingerprint density at radius 2 is 1.94 bits per heavy atom. The lowest BCUT2D eigenvalue weighted by molar-refractivity contribution is -0.181. The molecule has 108 valence electrons. The van der Waals surface area contributed by atoms with Gasteiger partial charge in [0.2, 0.25) is 0 Å². The van der Waals surface area contributed by atoms with Crippen LogP contribution in [-0.2, 0) is 4.79 Å². The van der Waals surface area contributed by atoms with Crippen LogP contribution in [0.4, 0.5) is 17.6 Å². The number of hydrogen-bond acceptors (Lipinski definition) is 2. The van der Waals surface area contributed by atoms with E-state index in [1.807, 2.05) is 0 Å². The summed E-state index contributed by atoms with van der Waals surface area (Å²) in [5, 5.41) is 3.06. The number of rotatable bonds is 3. The predicted octanol–water partition coefficient (Wildman–Crippen LogP) is 1.91. The smallest absolute Gasteiger partial charge is 0.337 e. The van der Waals surface area contributed by atoms with Gasteiger partial charge in [-0.1, -0.05) is 0 Å². The van der Waals surface area contributed by atoms with E-state index in [2.05, 4.69) is 5.32 Å². The Balaban J connectivity index is 0.00000289. The SMILES string of the molecule is CN(C(=O)C(F)(F)C(F)F)C1CCCNCC1.Cl. The van der Waals surface area contributed by atoms with E-state index in [0.717, 1.165) is 24.9 Å². The minimum Gasteiger partial charge on any atom is -0.337 e. The molecule has 1 unspecified atom stereocenters. The van der Waals surface area contributed by atoms with Gasteiger partial charge in [-0.05, 0) is 32.4 Å². The second-order valence-electron chi connectivity index (χ2n) is 4.17. The molecular formula is C10H17ClF4N2O. The van der Waals surface area contributed by atoms with Crippen molar-refractivity contribution in [3.63, 3.8) is 0 Å². The van der Waals surface area contributed by atoms with Crippen molar-refractivity contribution < 1.29 is 22.4 Å². The standard InChI is InChI=1S/C10H16F4N2O.ClH/c1-16(7-3-2-5-15-6-4-7)9(17)10(13,14)8(11)12;/h7-8,15H,2-6H2,1H3;1H. The van der Waals surface area contributed by atoms with Crippen LogP contribution in [0.1, 0.15) is 19.3 Å². The van der Waals surface area contributed by atoms with Crippen molar-refractivity contribution in [3.8, 4) is 0 Å². The fourth-order valence-electron chi connectivity index (χ4n) is 1.88. The van der Waals surface area contributed by atoms with Crippen LogP contribution in [0, 0.1) is 0 Å². The van der Waals surface area contributed by atoms with Gasteiger partial charge in [-0.15, -0.1) is 12.4 Å². The number of nitrogens with zero attached hydrogens (tertiary/aromatic N) is 1. The first-order valence-electron chi connectivity index (χ1n) is 5.51. The van der Waals surface area contributed by atoms with E-state index in [1.54, 1.807) is 0 Å². The summed E-state index contributed by atoms with van der Waals surface area (Å²) < 4.78 is 49.9. The summed E-state index contributed by atoms with van der Waals surface area (Å²) in [6, 6.07) is -0.401. The van der Waals surface area contributed by atoms with Gasteiger partial charge in [0.05, 0.1) is 0 Å². The van der Waals surface area contributed by atoms with Gasteiger partial charge in [-0.3, -0.25) is 4.79 Å². The molecule has 1 amide bonds. The van der Waals surface area contributed by atoms with Crippen molar-refractivity contribution in [1.82, 2.24) is 10.2 Å². The zero-order chi connectivity index (χ0) is 13.1. The zero-order valence-corrected chi connectivity index (χ0v) is 10.8. The van der Waals surface area contributed by atoms with E-state index >= 15 is 0 Å². The highest BCUT2D eigenvalue weighted by Crippen LogP contribution is 2.27. The third-order valence-corrected chi connectivity index (χ3v) is 2.97. The molecule has 0 radical (unpaired) electrons. The molecule has 1 atom stereocenters. The van der Waals surface area contributed by atoms with E-state index < -0.39 is 24.3 Å². The molecule has 0 aliphatic carbocycles. The maximum atomic E-state index is 12.9.